The molecular weight excluding hydrogens is 816 g/mol. The first kappa shape index (κ1) is 42.3. The quantitative estimate of drug-likeness (QED) is 0.0736. The van der Waals surface area contributed by atoms with Crippen LogP contribution in [0.3, 0.4) is 0 Å². The summed E-state index contributed by atoms with van der Waals surface area (Å²) in [6.07, 6.45) is 2.30. The maximum atomic E-state index is 14.2. The van der Waals surface area contributed by atoms with E-state index in [4.69, 9.17) is 36.5 Å². The predicted molar refractivity (Wildman–Crippen MR) is 209 cm³/mol. The number of aliphatic carboxylic acids is 1. The molecule has 3 unspecified atom stereocenters. The van der Waals surface area contributed by atoms with Gasteiger partial charge in [0.15, 0.2) is 16.7 Å². The van der Waals surface area contributed by atoms with Crippen molar-refractivity contribution in [1.82, 2.24) is 20.5 Å². The number of thioether (sulfide) groups is 1. The number of aromatic nitrogens is 1. The number of amidine groups is 2. The lowest BCUT2D eigenvalue weighted by atomic mass is 9.95. The van der Waals surface area contributed by atoms with E-state index >= 15 is 0 Å². The van der Waals surface area contributed by atoms with Crippen molar-refractivity contribution in [2.45, 2.75) is 58.8 Å². The number of halogens is 4. The molecule has 0 radical (unpaired) electrons. The summed E-state index contributed by atoms with van der Waals surface area (Å²) in [5.41, 5.74) is 2.50. The number of morpholine rings is 1. The third-order valence-corrected chi connectivity index (χ3v) is 10.8. The van der Waals surface area contributed by atoms with Crippen molar-refractivity contribution in [3.63, 3.8) is 0 Å². The minimum Gasteiger partial charge on any atom is -0.481 e. The molecule has 2 aliphatic rings. The fourth-order valence-corrected chi connectivity index (χ4v) is 7.39. The highest BCUT2D eigenvalue weighted by Crippen LogP contribution is 2.37. The molecule has 0 bridgehead atoms. The molecule has 1 aromatic carbocycles. The smallest absolute Gasteiger partial charge is 0.338 e. The van der Waals surface area contributed by atoms with E-state index in [1.165, 1.54) is 48.2 Å². The number of hydrogen-bond acceptors (Lipinski definition) is 12. The van der Waals surface area contributed by atoms with Crippen LogP contribution in [-0.2, 0) is 25.6 Å². The molecule has 0 saturated carbocycles. The molecule has 0 amide bonds. The number of carbonyl (C=O) groups is 2. The number of aliphatic imine (C=N–C) groups is 2. The molecule has 2 aromatic rings. The van der Waals surface area contributed by atoms with Crippen LogP contribution < -0.4 is 10.6 Å². The van der Waals surface area contributed by atoms with Crippen molar-refractivity contribution in [3.8, 4) is 0 Å². The van der Waals surface area contributed by atoms with Crippen LogP contribution in [0.2, 0.25) is 0 Å². The van der Waals surface area contributed by atoms with Gasteiger partial charge in [-0.05, 0) is 63.3 Å². The highest BCUT2D eigenvalue weighted by Gasteiger charge is 2.35. The van der Waals surface area contributed by atoms with Crippen molar-refractivity contribution < 1.29 is 33.0 Å². The molecule has 0 aliphatic carbocycles. The van der Waals surface area contributed by atoms with E-state index in [1.54, 1.807) is 26.2 Å². The molecule has 0 spiro atoms. The zero-order valence-corrected chi connectivity index (χ0v) is 33.7. The molecule has 286 valence electrons. The first-order valence-electron chi connectivity index (χ1n) is 16.5. The molecule has 53 heavy (non-hydrogen) atoms. The average molecular weight is 857 g/mol. The SMILES string of the molecule is CCOC(=O)C1=C(CN2CCOC(CC(=O)O)C2)NC(c2nc(CN=C(NC(C)C(C)=C(Cl)C=C(C)F)C(=N)SC)cs2)=NC1c1ccc(F)cc1Br. The van der Waals surface area contributed by atoms with Crippen molar-refractivity contribution >= 4 is 79.3 Å². The molecule has 1 aromatic heterocycles. The van der Waals surface area contributed by atoms with E-state index in [0.717, 1.165) is 0 Å². The lowest BCUT2D eigenvalue weighted by molar-refractivity contribution is -0.142. The van der Waals surface area contributed by atoms with Crippen molar-refractivity contribution in [1.29, 1.82) is 5.41 Å². The van der Waals surface area contributed by atoms with Crippen LogP contribution in [0.5, 0.6) is 0 Å². The molecule has 3 atom stereocenters. The van der Waals surface area contributed by atoms with Gasteiger partial charge in [-0.3, -0.25) is 25.1 Å². The highest BCUT2D eigenvalue weighted by atomic mass is 79.9. The Morgan fingerprint density at radius 2 is 2.15 bits per heavy atom. The lowest BCUT2D eigenvalue weighted by Gasteiger charge is -2.35. The van der Waals surface area contributed by atoms with Crippen molar-refractivity contribution in [2.24, 2.45) is 9.98 Å². The summed E-state index contributed by atoms with van der Waals surface area (Å²) in [6.45, 7) is 8.17. The van der Waals surface area contributed by atoms with Crippen LogP contribution in [0.15, 0.2) is 71.8 Å². The van der Waals surface area contributed by atoms with Gasteiger partial charge in [0.25, 0.3) is 0 Å². The van der Waals surface area contributed by atoms with E-state index in [1.807, 2.05) is 17.2 Å². The number of carbonyl (C=O) groups excluding carboxylic acids is 1. The van der Waals surface area contributed by atoms with Gasteiger partial charge in [0.1, 0.15) is 16.9 Å². The van der Waals surface area contributed by atoms with Crippen LogP contribution >= 0.6 is 50.6 Å². The molecule has 4 rings (SSSR count). The molecular formula is C35H41BrClF2N7O5S2. The lowest BCUT2D eigenvalue weighted by Crippen LogP contribution is -2.47. The van der Waals surface area contributed by atoms with Crippen LogP contribution in [-0.4, -0.2) is 94.9 Å². The second-order valence-electron chi connectivity index (χ2n) is 12.1. The Balaban J connectivity index is 1.69. The Kier molecular flexibility index (Phi) is 15.7. The molecule has 1 fully saturated rings. The number of nitrogens with one attached hydrogen (secondary N) is 3. The van der Waals surface area contributed by atoms with Gasteiger partial charge >= 0.3 is 11.9 Å². The Hall–Kier alpha value is -3.48. The summed E-state index contributed by atoms with van der Waals surface area (Å²) >= 11 is 12.2. The number of rotatable bonds is 13. The summed E-state index contributed by atoms with van der Waals surface area (Å²) in [4.78, 5) is 41.4. The van der Waals surface area contributed by atoms with Gasteiger partial charge in [-0.25, -0.2) is 18.6 Å². The molecule has 1 saturated heterocycles. The zero-order chi connectivity index (χ0) is 38.8. The number of esters is 1. The summed E-state index contributed by atoms with van der Waals surface area (Å²) in [5.74, 6) is -1.79. The number of allylic oxidation sites excluding steroid dienone is 3. The second kappa shape index (κ2) is 19.7. The summed E-state index contributed by atoms with van der Waals surface area (Å²) in [7, 11) is 0. The topological polar surface area (TPSA) is 162 Å². The van der Waals surface area contributed by atoms with Gasteiger partial charge in [0.05, 0.1) is 49.4 Å². The van der Waals surface area contributed by atoms with E-state index < -0.39 is 35.7 Å². The third kappa shape index (κ3) is 11.8. The number of hydrogen-bond donors (Lipinski definition) is 4. The minimum atomic E-state index is -0.973. The first-order valence-corrected chi connectivity index (χ1v) is 19.8. The predicted octanol–water partition coefficient (Wildman–Crippen LogP) is 6.73. The number of nitrogens with zero attached hydrogens (tertiary/aromatic N) is 4. The molecule has 3 heterocycles. The zero-order valence-electron chi connectivity index (χ0n) is 29.8. The number of thiazole rings is 1. The normalized spacial score (nSPS) is 19.6. The summed E-state index contributed by atoms with van der Waals surface area (Å²) in [5, 5.41) is 27.1. The Morgan fingerprint density at radius 3 is 2.81 bits per heavy atom. The van der Waals surface area contributed by atoms with Crippen LogP contribution in [0.4, 0.5) is 8.78 Å². The number of ether oxygens (including phenoxy) is 2. The standard InChI is InChI=1S/C35H41BrClF2N7O5S2/c1-6-50-35(49)29-27(16-46-9-10-51-23(15-46)13-28(47)48)44-33(45-30(29)24-8-7-21(39)12-25(24)36)34-43-22(17-53-34)14-41-32(31(40)52-5)42-20(4)19(3)26(37)11-18(2)38/h7-8,11-12,17,20,23,30,40H,6,9-10,13-16H2,1-5H3,(H,41,42)(H,44,45)(H,47,48). The van der Waals surface area contributed by atoms with Gasteiger partial charge in [0.2, 0.25) is 0 Å². The minimum absolute atomic E-state index is 0.110. The van der Waals surface area contributed by atoms with Crippen LogP contribution in [0, 0.1) is 11.2 Å². The van der Waals surface area contributed by atoms with Crippen LogP contribution in [0.1, 0.15) is 56.4 Å². The Bertz CT molecular complexity index is 1860. The number of carboxylic acids is 1. The van der Waals surface area contributed by atoms with Gasteiger partial charge in [-0.1, -0.05) is 33.6 Å². The molecule has 4 N–H and O–H groups in total. The van der Waals surface area contributed by atoms with Crippen molar-refractivity contribution in [3.05, 3.63) is 83.9 Å². The van der Waals surface area contributed by atoms with Crippen molar-refractivity contribution in [2.75, 3.05) is 39.1 Å². The van der Waals surface area contributed by atoms with Crippen LogP contribution in [0.25, 0.3) is 0 Å². The van der Waals surface area contributed by atoms with E-state index in [0.29, 0.717) is 63.4 Å². The Morgan fingerprint density at radius 1 is 1.40 bits per heavy atom. The number of carboxylic acid groups (broad SMARTS) is 1. The molecule has 18 heteroatoms. The van der Waals surface area contributed by atoms with Gasteiger partial charge in [0, 0.05) is 46.3 Å². The molecule has 2 aliphatic heterocycles. The fraction of sp³-hybridized carbons (Fsp3) is 0.429. The highest BCUT2D eigenvalue weighted by molar-refractivity contribution is 9.10. The summed E-state index contributed by atoms with van der Waals surface area (Å²) < 4.78 is 39.3. The van der Waals surface area contributed by atoms with Gasteiger partial charge in [-0.15, -0.1) is 23.1 Å². The second-order valence-corrected chi connectivity index (χ2v) is 15.0. The first-order chi connectivity index (χ1) is 25.2. The maximum Gasteiger partial charge on any atom is 0.338 e. The molecule has 12 nitrogen and oxygen atoms in total. The average Bonchev–Trinajstić information content (AvgIpc) is 3.58. The van der Waals surface area contributed by atoms with E-state index in [9.17, 15) is 23.5 Å². The summed E-state index contributed by atoms with van der Waals surface area (Å²) in [6, 6.07) is 2.89. The monoisotopic (exact) mass is 855 g/mol. The number of benzene rings is 1. The Labute approximate surface area is 328 Å². The van der Waals surface area contributed by atoms with E-state index in [2.05, 4.69) is 31.6 Å². The largest absolute Gasteiger partial charge is 0.481 e. The van der Waals surface area contributed by atoms with Gasteiger partial charge in [-0.2, -0.15) is 0 Å². The fourth-order valence-electron chi connectivity index (χ4n) is 5.43. The maximum absolute atomic E-state index is 14.2. The third-order valence-electron chi connectivity index (χ3n) is 8.16. The van der Waals surface area contributed by atoms with E-state index in [-0.39, 0.29) is 47.8 Å². The van der Waals surface area contributed by atoms with Gasteiger partial charge < -0.3 is 25.2 Å².